The predicted molar refractivity (Wildman–Crippen MR) is 49.7 cm³/mol. The molecule has 13 heavy (non-hydrogen) atoms. The van der Waals surface area contributed by atoms with E-state index >= 15 is 0 Å². The standard InChI is InChI=1S/C9H19NO3/c1-12-5-3-10-7-9-6-8(11)2-4-13-9/h8-11H,2-7H2,1H3/t8-,9+/m1/s1. The molecule has 1 aliphatic heterocycles. The molecule has 2 N–H and O–H groups in total. The fourth-order valence-electron chi connectivity index (χ4n) is 1.44. The molecule has 0 aromatic rings. The van der Waals surface area contributed by atoms with Crippen molar-refractivity contribution in [2.24, 2.45) is 0 Å². The molecule has 0 unspecified atom stereocenters. The van der Waals surface area contributed by atoms with Crippen LogP contribution in [0, 0.1) is 0 Å². The van der Waals surface area contributed by atoms with E-state index in [9.17, 15) is 5.11 Å². The molecule has 1 aliphatic rings. The Hall–Kier alpha value is -0.160. The molecule has 0 aliphatic carbocycles. The topological polar surface area (TPSA) is 50.7 Å². The van der Waals surface area contributed by atoms with Crippen LogP contribution >= 0.6 is 0 Å². The van der Waals surface area contributed by atoms with Crippen LogP contribution in [0.15, 0.2) is 0 Å². The van der Waals surface area contributed by atoms with Crippen LogP contribution in [0.1, 0.15) is 12.8 Å². The number of hydrogen-bond donors (Lipinski definition) is 2. The Bertz CT molecular complexity index is 132. The van der Waals surface area contributed by atoms with Crippen LogP contribution in [0.2, 0.25) is 0 Å². The highest BCUT2D eigenvalue weighted by molar-refractivity contribution is 4.72. The van der Waals surface area contributed by atoms with E-state index in [1.54, 1.807) is 7.11 Å². The Kier molecular flexibility index (Phi) is 5.31. The third kappa shape index (κ3) is 4.57. The molecular formula is C9H19NO3. The maximum absolute atomic E-state index is 9.35. The van der Waals surface area contributed by atoms with Crippen LogP contribution in [-0.2, 0) is 9.47 Å². The lowest BCUT2D eigenvalue weighted by Gasteiger charge is -2.26. The quantitative estimate of drug-likeness (QED) is 0.586. The zero-order chi connectivity index (χ0) is 9.52. The van der Waals surface area contributed by atoms with E-state index in [0.29, 0.717) is 6.61 Å². The fraction of sp³-hybridized carbons (Fsp3) is 1.00. The van der Waals surface area contributed by atoms with Gasteiger partial charge in [-0.1, -0.05) is 0 Å². The van der Waals surface area contributed by atoms with Gasteiger partial charge in [-0.3, -0.25) is 0 Å². The van der Waals surface area contributed by atoms with Crippen molar-refractivity contribution < 1.29 is 14.6 Å². The lowest BCUT2D eigenvalue weighted by molar-refractivity contribution is -0.0420. The van der Waals surface area contributed by atoms with Crippen molar-refractivity contribution in [1.82, 2.24) is 5.32 Å². The Morgan fingerprint density at radius 3 is 3.15 bits per heavy atom. The Morgan fingerprint density at radius 2 is 2.46 bits per heavy atom. The van der Waals surface area contributed by atoms with Crippen molar-refractivity contribution in [2.45, 2.75) is 25.0 Å². The SMILES string of the molecule is COCCNC[C@@H]1C[C@H](O)CCO1. The summed E-state index contributed by atoms with van der Waals surface area (Å²) < 4.78 is 10.4. The number of methoxy groups -OCH3 is 1. The number of aliphatic hydroxyl groups is 1. The third-order valence-electron chi connectivity index (χ3n) is 2.19. The van der Waals surface area contributed by atoms with E-state index in [1.807, 2.05) is 0 Å². The minimum absolute atomic E-state index is 0.167. The predicted octanol–water partition coefficient (Wildman–Crippen LogP) is -0.238. The summed E-state index contributed by atoms with van der Waals surface area (Å²) in [6.45, 7) is 3.04. The second-order valence-electron chi connectivity index (χ2n) is 3.37. The van der Waals surface area contributed by atoms with Crippen molar-refractivity contribution >= 4 is 0 Å². The van der Waals surface area contributed by atoms with Gasteiger partial charge in [0.15, 0.2) is 0 Å². The number of nitrogens with one attached hydrogen (secondary N) is 1. The second kappa shape index (κ2) is 6.32. The number of ether oxygens (including phenoxy) is 2. The summed E-state index contributed by atoms with van der Waals surface area (Å²) >= 11 is 0. The first kappa shape index (κ1) is 10.9. The highest BCUT2D eigenvalue weighted by Crippen LogP contribution is 2.12. The molecule has 1 rings (SSSR count). The van der Waals surface area contributed by atoms with Gasteiger partial charge in [-0.15, -0.1) is 0 Å². The van der Waals surface area contributed by atoms with E-state index in [4.69, 9.17) is 9.47 Å². The van der Waals surface area contributed by atoms with Crippen LogP contribution in [-0.4, -0.2) is 50.7 Å². The van der Waals surface area contributed by atoms with Crippen LogP contribution in [0.5, 0.6) is 0 Å². The summed E-state index contributed by atoms with van der Waals surface area (Å²) in [5.41, 5.74) is 0. The molecule has 4 heteroatoms. The Labute approximate surface area is 79.2 Å². The molecule has 0 amide bonds. The second-order valence-corrected chi connectivity index (χ2v) is 3.37. The third-order valence-corrected chi connectivity index (χ3v) is 2.19. The summed E-state index contributed by atoms with van der Waals surface area (Å²) in [6.07, 6.45) is 1.51. The summed E-state index contributed by atoms with van der Waals surface area (Å²) in [7, 11) is 1.68. The summed E-state index contributed by atoms with van der Waals surface area (Å²) in [6, 6.07) is 0. The summed E-state index contributed by atoms with van der Waals surface area (Å²) in [5.74, 6) is 0. The first-order chi connectivity index (χ1) is 6.33. The number of hydrogen-bond acceptors (Lipinski definition) is 4. The van der Waals surface area contributed by atoms with Crippen molar-refractivity contribution in [3.63, 3.8) is 0 Å². The van der Waals surface area contributed by atoms with Crippen molar-refractivity contribution in [3.8, 4) is 0 Å². The monoisotopic (exact) mass is 189 g/mol. The summed E-state index contributed by atoms with van der Waals surface area (Å²) in [4.78, 5) is 0. The average Bonchev–Trinajstić information content (AvgIpc) is 2.13. The number of aliphatic hydroxyl groups excluding tert-OH is 1. The summed E-state index contributed by atoms with van der Waals surface area (Å²) in [5, 5.41) is 12.6. The zero-order valence-electron chi connectivity index (χ0n) is 8.16. The van der Waals surface area contributed by atoms with E-state index < -0.39 is 0 Å². The van der Waals surface area contributed by atoms with Gasteiger partial charge in [-0.2, -0.15) is 0 Å². The van der Waals surface area contributed by atoms with Crippen LogP contribution < -0.4 is 5.32 Å². The molecule has 0 aromatic carbocycles. The van der Waals surface area contributed by atoms with Crippen molar-refractivity contribution in [2.75, 3.05) is 33.4 Å². The highest BCUT2D eigenvalue weighted by Gasteiger charge is 2.19. The van der Waals surface area contributed by atoms with Crippen molar-refractivity contribution in [3.05, 3.63) is 0 Å². The van der Waals surface area contributed by atoms with Gasteiger partial charge in [0, 0.05) is 33.2 Å². The van der Waals surface area contributed by atoms with Gasteiger partial charge >= 0.3 is 0 Å². The van der Waals surface area contributed by atoms with Crippen LogP contribution in [0.3, 0.4) is 0 Å². The molecule has 1 heterocycles. The fourth-order valence-corrected chi connectivity index (χ4v) is 1.44. The lowest BCUT2D eigenvalue weighted by atomic mass is 10.1. The maximum atomic E-state index is 9.35. The van der Waals surface area contributed by atoms with Crippen molar-refractivity contribution in [1.29, 1.82) is 0 Å². The lowest BCUT2D eigenvalue weighted by Crippen LogP contribution is -2.37. The molecule has 0 bridgehead atoms. The molecule has 2 atom stereocenters. The molecule has 78 valence electrons. The normalized spacial score (nSPS) is 29.1. The molecule has 0 aromatic heterocycles. The van der Waals surface area contributed by atoms with Crippen LogP contribution in [0.25, 0.3) is 0 Å². The van der Waals surface area contributed by atoms with E-state index in [1.165, 1.54) is 0 Å². The smallest absolute Gasteiger partial charge is 0.0724 e. The number of rotatable bonds is 5. The van der Waals surface area contributed by atoms with Gasteiger partial charge < -0.3 is 19.9 Å². The van der Waals surface area contributed by atoms with Gasteiger partial charge in [0.05, 0.1) is 18.8 Å². The molecule has 4 nitrogen and oxygen atoms in total. The average molecular weight is 189 g/mol. The first-order valence-electron chi connectivity index (χ1n) is 4.82. The van der Waals surface area contributed by atoms with E-state index in [0.717, 1.165) is 32.5 Å². The highest BCUT2D eigenvalue weighted by atomic mass is 16.5. The Balaban J connectivity index is 2.00. The van der Waals surface area contributed by atoms with Gasteiger partial charge in [0.1, 0.15) is 0 Å². The molecule has 1 saturated heterocycles. The van der Waals surface area contributed by atoms with Gasteiger partial charge in [-0.25, -0.2) is 0 Å². The molecule has 0 radical (unpaired) electrons. The Morgan fingerprint density at radius 1 is 1.62 bits per heavy atom. The first-order valence-corrected chi connectivity index (χ1v) is 4.82. The van der Waals surface area contributed by atoms with Gasteiger partial charge in [0.25, 0.3) is 0 Å². The molecule has 1 fully saturated rings. The molecule has 0 spiro atoms. The van der Waals surface area contributed by atoms with Gasteiger partial charge in [0.2, 0.25) is 0 Å². The minimum Gasteiger partial charge on any atom is -0.393 e. The van der Waals surface area contributed by atoms with Gasteiger partial charge in [-0.05, 0) is 6.42 Å². The maximum Gasteiger partial charge on any atom is 0.0724 e. The van der Waals surface area contributed by atoms with Crippen LogP contribution in [0.4, 0.5) is 0 Å². The minimum atomic E-state index is -0.178. The van der Waals surface area contributed by atoms with E-state index in [2.05, 4.69) is 5.32 Å². The zero-order valence-corrected chi connectivity index (χ0v) is 8.16. The van der Waals surface area contributed by atoms with E-state index in [-0.39, 0.29) is 12.2 Å². The molecular weight excluding hydrogens is 170 g/mol. The largest absolute Gasteiger partial charge is 0.393 e. The molecule has 0 saturated carbocycles.